The van der Waals surface area contributed by atoms with Crippen LogP contribution in [-0.2, 0) is 4.43 Å². The molecule has 0 saturated heterocycles. The summed E-state index contributed by atoms with van der Waals surface area (Å²) in [7, 11) is 12.7. The molecule has 0 saturated carbocycles. The van der Waals surface area contributed by atoms with Crippen LogP contribution in [-0.4, -0.2) is 93.0 Å². The summed E-state index contributed by atoms with van der Waals surface area (Å²) in [6, 6.07) is 1.26. The highest BCUT2D eigenvalue weighted by Gasteiger charge is 2.32. The summed E-state index contributed by atoms with van der Waals surface area (Å²) >= 11 is 0. The third kappa shape index (κ3) is 9.88. The second kappa shape index (κ2) is 10.7. The fourth-order valence-electron chi connectivity index (χ4n) is 3.04. The summed E-state index contributed by atoms with van der Waals surface area (Å²) in [6.07, 6.45) is 2.43. The first-order valence-electron chi connectivity index (χ1n) is 7.83. The van der Waals surface area contributed by atoms with Crippen LogP contribution in [0, 0.1) is 5.41 Å². The maximum Gasteiger partial charge on any atom is 0.162 e. The summed E-state index contributed by atoms with van der Waals surface area (Å²) in [5.41, 5.74) is 0.328. The predicted octanol–water partition coefficient (Wildman–Crippen LogP) is 0.976. The summed E-state index contributed by atoms with van der Waals surface area (Å²) in [5, 5.41) is 0. The highest BCUT2D eigenvalue weighted by molar-refractivity contribution is 6.27. The van der Waals surface area contributed by atoms with Crippen LogP contribution >= 0.6 is 0 Å². The molecule has 0 aromatic heterocycles. The van der Waals surface area contributed by atoms with Crippen molar-refractivity contribution in [3.8, 4) is 0 Å². The zero-order valence-corrected chi connectivity index (χ0v) is 16.3. The second-order valence-corrected chi connectivity index (χ2v) is 8.25. The van der Waals surface area contributed by atoms with Gasteiger partial charge in [-0.2, -0.15) is 0 Å². The van der Waals surface area contributed by atoms with Gasteiger partial charge in [-0.25, -0.2) is 0 Å². The van der Waals surface area contributed by atoms with E-state index in [1.54, 1.807) is 0 Å². The first-order chi connectivity index (χ1) is 9.31. The molecule has 122 valence electrons. The van der Waals surface area contributed by atoms with Crippen molar-refractivity contribution in [1.82, 2.24) is 14.7 Å². The highest BCUT2D eigenvalue weighted by Crippen LogP contribution is 2.25. The van der Waals surface area contributed by atoms with E-state index in [-0.39, 0.29) is 0 Å². The van der Waals surface area contributed by atoms with Crippen molar-refractivity contribution < 1.29 is 4.43 Å². The van der Waals surface area contributed by atoms with E-state index in [1.165, 1.54) is 18.9 Å². The maximum atomic E-state index is 5.96. The Hall–Kier alpha value is 0.0569. The zero-order valence-electron chi connectivity index (χ0n) is 14.9. The lowest BCUT2D eigenvalue weighted by molar-refractivity contribution is 0.119. The van der Waals surface area contributed by atoms with E-state index in [4.69, 9.17) is 4.43 Å². The van der Waals surface area contributed by atoms with Crippen molar-refractivity contribution in [1.29, 1.82) is 0 Å². The first kappa shape index (κ1) is 20.1. The molecular weight excluding hydrogens is 266 g/mol. The molecule has 0 aliphatic heterocycles. The van der Waals surface area contributed by atoms with Crippen molar-refractivity contribution in [3.63, 3.8) is 0 Å². The molecular formula is C15H37N3OSi. The van der Waals surface area contributed by atoms with Crippen LogP contribution in [0.1, 0.15) is 19.8 Å². The number of rotatable bonds is 12. The van der Waals surface area contributed by atoms with Gasteiger partial charge in [0.25, 0.3) is 0 Å². The van der Waals surface area contributed by atoms with Crippen LogP contribution in [0.15, 0.2) is 0 Å². The molecule has 0 aliphatic rings. The Kier molecular flexibility index (Phi) is 10.8. The van der Waals surface area contributed by atoms with E-state index >= 15 is 0 Å². The first-order valence-corrected chi connectivity index (χ1v) is 9.41. The van der Waals surface area contributed by atoms with Gasteiger partial charge in [0.1, 0.15) is 0 Å². The van der Waals surface area contributed by atoms with E-state index < -0.39 is 9.76 Å². The van der Waals surface area contributed by atoms with Gasteiger partial charge in [-0.3, -0.25) is 0 Å². The minimum absolute atomic E-state index is 0.328. The van der Waals surface area contributed by atoms with E-state index in [0.29, 0.717) is 5.41 Å². The summed E-state index contributed by atoms with van der Waals surface area (Å²) < 4.78 is 5.96. The van der Waals surface area contributed by atoms with Gasteiger partial charge >= 0.3 is 0 Å². The Morgan fingerprint density at radius 3 is 1.65 bits per heavy atom. The molecule has 0 rings (SSSR count). The number of hydrogen-bond acceptors (Lipinski definition) is 4. The monoisotopic (exact) mass is 303 g/mol. The third-order valence-corrected chi connectivity index (χ3v) is 5.22. The molecule has 0 bridgehead atoms. The van der Waals surface area contributed by atoms with Crippen molar-refractivity contribution in [2.45, 2.75) is 25.8 Å². The Balaban J connectivity index is 4.60. The van der Waals surface area contributed by atoms with E-state index in [1.807, 2.05) is 0 Å². The highest BCUT2D eigenvalue weighted by atomic mass is 28.2. The van der Waals surface area contributed by atoms with Gasteiger partial charge in [0.15, 0.2) is 9.76 Å². The van der Waals surface area contributed by atoms with Crippen LogP contribution in [0.4, 0.5) is 0 Å². The Morgan fingerprint density at radius 1 is 0.850 bits per heavy atom. The molecule has 0 heterocycles. The molecule has 0 fully saturated rings. The molecule has 0 radical (unpaired) electrons. The van der Waals surface area contributed by atoms with Crippen molar-refractivity contribution in [2.24, 2.45) is 5.41 Å². The summed E-state index contributed by atoms with van der Waals surface area (Å²) in [4.78, 5) is 6.98. The number of unbranched alkanes of at least 4 members (excludes halogenated alkanes) is 1. The van der Waals surface area contributed by atoms with Gasteiger partial charge in [0.05, 0.1) is 0 Å². The number of hydrogen-bond donors (Lipinski definition) is 0. The lowest BCUT2D eigenvalue weighted by Crippen LogP contribution is -2.48. The van der Waals surface area contributed by atoms with Crippen LogP contribution in [0.2, 0.25) is 6.04 Å². The minimum Gasteiger partial charge on any atom is -0.424 e. The summed E-state index contributed by atoms with van der Waals surface area (Å²) in [6.45, 7) is 6.58. The second-order valence-electron chi connectivity index (χ2n) is 6.93. The maximum absolute atomic E-state index is 5.96. The molecule has 0 aliphatic carbocycles. The molecule has 5 heteroatoms. The topological polar surface area (TPSA) is 19.0 Å². The molecule has 4 nitrogen and oxygen atoms in total. The smallest absolute Gasteiger partial charge is 0.162 e. The van der Waals surface area contributed by atoms with E-state index in [9.17, 15) is 0 Å². The molecule has 0 unspecified atom stereocenters. The average Bonchev–Trinajstić information content (AvgIpc) is 2.25. The fourth-order valence-corrected chi connectivity index (χ4v) is 4.50. The van der Waals surface area contributed by atoms with Crippen molar-refractivity contribution >= 4 is 9.76 Å². The van der Waals surface area contributed by atoms with Crippen LogP contribution in [0.25, 0.3) is 0 Å². The average molecular weight is 304 g/mol. The van der Waals surface area contributed by atoms with Gasteiger partial charge < -0.3 is 19.1 Å². The number of nitrogens with zero attached hydrogens (tertiary/aromatic N) is 3. The van der Waals surface area contributed by atoms with Gasteiger partial charge in [0, 0.05) is 31.7 Å². The third-order valence-electron chi connectivity index (χ3n) is 3.37. The normalized spacial score (nSPS) is 13.5. The van der Waals surface area contributed by atoms with E-state index in [2.05, 4.69) is 63.9 Å². The SMILES string of the molecule is CCCCO[SiH2]CC(CN(C)C)(CN(C)C)CN(C)C. The minimum atomic E-state index is -0.422. The largest absolute Gasteiger partial charge is 0.424 e. The van der Waals surface area contributed by atoms with E-state index in [0.717, 1.165) is 26.2 Å². The Labute approximate surface area is 129 Å². The van der Waals surface area contributed by atoms with Gasteiger partial charge in [-0.15, -0.1) is 0 Å². The quantitative estimate of drug-likeness (QED) is 0.395. The predicted molar refractivity (Wildman–Crippen MR) is 92.3 cm³/mol. The van der Waals surface area contributed by atoms with Gasteiger partial charge in [-0.1, -0.05) is 13.3 Å². The van der Waals surface area contributed by atoms with Crippen molar-refractivity contribution in [2.75, 3.05) is 68.5 Å². The van der Waals surface area contributed by atoms with Gasteiger partial charge in [-0.05, 0) is 54.8 Å². The van der Waals surface area contributed by atoms with Crippen molar-refractivity contribution in [3.05, 3.63) is 0 Å². The standard InChI is InChI=1S/C15H37N3OSi/c1-8-9-10-19-20-14-15(11-16(2)3,12-17(4)5)13-18(6)7/h8-14,20H2,1-7H3. The molecule has 0 N–H and O–H groups in total. The molecule has 0 aromatic carbocycles. The van der Waals surface area contributed by atoms with Crippen LogP contribution in [0.5, 0.6) is 0 Å². The molecule has 0 amide bonds. The molecule has 20 heavy (non-hydrogen) atoms. The molecule has 0 atom stereocenters. The van der Waals surface area contributed by atoms with Gasteiger partial charge in [0.2, 0.25) is 0 Å². The molecule has 0 aromatic rings. The lowest BCUT2D eigenvalue weighted by Gasteiger charge is -2.40. The zero-order chi connectivity index (χ0) is 15.6. The Bertz CT molecular complexity index is 209. The summed E-state index contributed by atoms with van der Waals surface area (Å²) in [5.74, 6) is 0. The molecule has 0 spiro atoms. The fraction of sp³-hybridized carbons (Fsp3) is 1.00. The Morgan fingerprint density at radius 2 is 1.30 bits per heavy atom. The lowest BCUT2D eigenvalue weighted by atomic mass is 9.88. The van der Waals surface area contributed by atoms with Crippen LogP contribution in [0.3, 0.4) is 0 Å². The van der Waals surface area contributed by atoms with Crippen LogP contribution < -0.4 is 0 Å².